The fraction of sp³-hybridized carbons (Fsp3) is 0.650. The number of allylic oxidation sites excluding steroid dienone is 5. The van der Waals surface area contributed by atoms with Gasteiger partial charge in [0.1, 0.15) is 9.84 Å². The third-order valence-corrected chi connectivity index (χ3v) is 9.47. The summed E-state index contributed by atoms with van der Waals surface area (Å²) in [7, 11) is -2.95. The van der Waals surface area contributed by atoms with Gasteiger partial charge in [-0.25, -0.2) is 8.42 Å². The number of thioether (sulfide) groups is 1. The molecule has 2 unspecified atom stereocenters. The number of hydrogen-bond donors (Lipinski definition) is 0. The molecule has 0 spiro atoms. The first kappa shape index (κ1) is 20.4. The van der Waals surface area contributed by atoms with Crippen molar-refractivity contribution in [3.05, 3.63) is 34.4 Å². The quantitative estimate of drug-likeness (QED) is 0.672. The maximum Gasteiger partial charge on any atom is 0.226 e. The van der Waals surface area contributed by atoms with Crippen LogP contribution < -0.4 is 0 Å². The monoisotopic (exact) mass is 442 g/mol. The minimum absolute atomic E-state index is 0.146. The molecule has 0 saturated carbocycles. The lowest BCUT2D eigenvalue weighted by atomic mass is 9.96. The second-order valence-electron chi connectivity index (χ2n) is 8.02. The lowest BCUT2D eigenvalue weighted by molar-refractivity contribution is -0.140. The molecule has 0 aromatic rings. The van der Waals surface area contributed by atoms with Gasteiger partial charge in [-0.15, -0.1) is 11.8 Å². The van der Waals surface area contributed by atoms with E-state index in [1.165, 1.54) is 5.70 Å². The minimum atomic E-state index is -2.95. The van der Waals surface area contributed by atoms with Crippen LogP contribution in [0, 0.1) is 5.92 Å². The summed E-state index contributed by atoms with van der Waals surface area (Å²) in [6, 6.07) is 0.155. The molecule has 4 aliphatic rings. The van der Waals surface area contributed by atoms with Crippen LogP contribution in [0.15, 0.2) is 34.4 Å². The van der Waals surface area contributed by atoms with Crippen LogP contribution in [0.25, 0.3) is 0 Å². The summed E-state index contributed by atoms with van der Waals surface area (Å²) < 4.78 is 23.5. The van der Waals surface area contributed by atoms with Crippen LogP contribution in [0.5, 0.6) is 0 Å². The van der Waals surface area contributed by atoms with Crippen molar-refractivity contribution in [2.75, 3.05) is 31.1 Å². The smallest absolute Gasteiger partial charge is 0.226 e. The first-order valence-corrected chi connectivity index (χ1v) is 13.2. The van der Waals surface area contributed by atoms with Crippen molar-refractivity contribution in [1.82, 2.24) is 9.80 Å². The number of amides is 1. The van der Waals surface area contributed by atoms with Crippen LogP contribution in [0.3, 0.4) is 0 Å². The zero-order valence-electron chi connectivity index (χ0n) is 15.9. The summed E-state index contributed by atoms with van der Waals surface area (Å²) in [5.41, 5.74) is 1.31. The van der Waals surface area contributed by atoms with Gasteiger partial charge in [0.25, 0.3) is 0 Å². The van der Waals surface area contributed by atoms with E-state index < -0.39 is 9.84 Å². The van der Waals surface area contributed by atoms with Crippen molar-refractivity contribution in [1.29, 1.82) is 0 Å². The van der Waals surface area contributed by atoms with Crippen LogP contribution in [0.4, 0.5) is 0 Å². The first-order chi connectivity index (χ1) is 13.4. The summed E-state index contributed by atoms with van der Waals surface area (Å²) in [5.74, 6) is 0.307. The second-order valence-corrected chi connectivity index (χ2v) is 12.0. The molecule has 3 aliphatic heterocycles. The predicted octanol–water partition coefficient (Wildman–Crippen LogP) is 3.14. The molecule has 1 amide bonds. The van der Waals surface area contributed by atoms with Crippen LogP contribution in [-0.4, -0.2) is 66.6 Å². The molecule has 2 fully saturated rings. The van der Waals surface area contributed by atoms with E-state index in [-0.39, 0.29) is 29.4 Å². The SMILES string of the molecule is O=C(C1CCS(=O)(=O)CC1)N1CCN(C2=CC=C(Cl)CC2)CC1C1CC=CS1. The Balaban J connectivity index is 1.48. The maximum atomic E-state index is 13.3. The third kappa shape index (κ3) is 4.46. The lowest BCUT2D eigenvalue weighted by Gasteiger charge is -2.47. The van der Waals surface area contributed by atoms with E-state index >= 15 is 0 Å². The van der Waals surface area contributed by atoms with Gasteiger partial charge in [0.2, 0.25) is 5.91 Å². The third-order valence-electron chi connectivity index (χ3n) is 6.24. The number of rotatable bonds is 3. The Labute approximate surface area is 176 Å². The molecule has 4 rings (SSSR count). The number of carbonyl (C=O) groups excluding carboxylic acids is 1. The minimum Gasteiger partial charge on any atom is -0.371 e. The van der Waals surface area contributed by atoms with Gasteiger partial charge >= 0.3 is 0 Å². The Morgan fingerprint density at radius 1 is 1.14 bits per heavy atom. The number of piperazine rings is 1. The van der Waals surface area contributed by atoms with Gasteiger partial charge in [-0.3, -0.25) is 4.79 Å². The number of hydrogen-bond acceptors (Lipinski definition) is 5. The fourth-order valence-electron chi connectivity index (χ4n) is 4.55. The Hall–Kier alpha value is -0.920. The molecular formula is C20H27ClN2O3S2. The Morgan fingerprint density at radius 2 is 1.93 bits per heavy atom. The van der Waals surface area contributed by atoms with Gasteiger partial charge in [0, 0.05) is 41.5 Å². The molecule has 5 nitrogen and oxygen atoms in total. The number of carbonyl (C=O) groups is 1. The molecule has 28 heavy (non-hydrogen) atoms. The Kier molecular flexibility index (Phi) is 6.14. The van der Waals surface area contributed by atoms with E-state index in [1.807, 2.05) is 17.8 Å². The molecule has 2 saturated heterocycles. The predicted molar refractivity (Wildman–Crippen MR) is 115 cm³/mol. The summed E-state index contributed by atoms with van der Waals surface area (Å²) >= 11 is 7.93. The summed E-state index contributed by atoms with van der Waals surface area (Å²) in [5, 5.41) is 3.42. The molecule has 8 heteroatoms. The Morgan fingerprint density at radius 3 is 2.57 bits per heavy atom. The maximum absolute atomic E-state index is 13.3. The van der Waals surface area contributed by atoms with Gasteiger partial charge < -0.3 is 9.80 Å². The fourth-order valence-corrected chi connectivity index (χ4v) is 7.26. The number of sulfone groups is 1. The van der Waals surface area contributed by atoms with E-state index in [0.29, 0.717) is 24.6 Å². The highest BCUT2D eigenvalue weighted by molar-refractivity contribution is 8.03. The average molecular weight is 443 g/mol. The highest BCUT2D eigenvalue weighted by atomic mass is 35.5. The molecule has 154 valence electrons. The normalized spacial score (nSPS) is 30.9. The van der Waals surface area contributed by atoms with E-state index in [9.17, 15) is 13.2 Å². The highest BCUT2D eigenvalue weighted by Crippen LogP contribution is 2.35. The van der Waals surface area contributed by atoms with E-state index in [0.717, 1.165) is 37.4 Å². The molecule has 0 N–H and O–H groups in total. The van der Waals surface area contributed by atoms with Crippen LogP contribution in [0.2, 0.25) is 0 Å². The van der Waals surface area contributed by atoms with Crippen LogP contribution in [0.1, 0.15) is 32.1 Å². The van der Waals surface area contributed by atoms with Crippen molar-refractivity contribution in [3.8, 4) is 0 Å². The van der Waals surface area contributed by atoms with Gasteiger partial charge in [-0.1, -0.05) is 17.7 Å². The Bertz CT molecular complexity index is 799. The summed E-state index contributed by atoms with van der Waals surface area (Å²) in [6.45, 7) is 2.38. The van der Waals surface area contributed by atoms with Crippen LogP contribution in [-0.2, 0) is 14.6 Å². The molecular weight excluding hydrogens is 416 g/mol. The van der Waals surface area contributed by atoms with Crippen LogP contribution >= 0.6 is 23.4 Å². The number of nitrogens with zero attached hydrogens (tertiary/aromatic N) is 2. The molecule has 0 aromatic heterocycles. The van der Waals surface area contributed by atoms with Crippen molar-refractivity contribution in [2.24, 2.45) is 5.92 Å². The molecule has 3 heterocycles. The summed E-state index contributed by atoms with van der Waals surface area (Å²) in [4.78, 5) is 17.8. The van der Waals surface area contributed by atoms with E-state index in [2.05, 4.69) is 27.4 Å². The van der Waals surface area contributed by atoms with Crippen molar-refractivity contribution >= 4 is 39.1 Å². The van der Waals surface area contributed by atoms with Gasteiger partial charge in [-0.05, 0) is 49.7 Å². The molecule has 0 aromatic carbocycles. The van der Waals surface area contributed by atoms with Crippen molar-refractivity contribution < 1.29 is 13.2 Å². The average Bonchev–Trinajstić information content (AvgIpc) is 3.22. The standard InChI is InChI=1S/C20H27ClN2O3S2/c21-16-3-5-17(6-4-16)22-9-10-23(18(14-22)19-2-1-11-27-19)20(24)15-7-12-28(25,26)13-8-15/h1,3,5,11,15,18-19H,2,4,6-10,12-14H2. The first-order valence-electron chi connectivity index (χ1n) is 10.0. The van der Waals surface area contributed by atoms with E-state index in [1.54, 1.807) is 0 Å². The zero-order valence-corrected chi connectivity index (χ0v) is 18.3. The van der Waals surface area contributed by atoms with Gasteiger partial charge in [0.05, 0.1) is 17.5 Å². The molecule has 2 atom stereocenters. The molecule has 0 bridgehead atoms. The largest absolute Gasteiger partial charge is 0.371 e. The zero-order chi connectivity index (χ0) is 19.7. The number of halogens is 1. The summed E-state index contributed by atoms with van der Waals surface area (Å²) in [6.07, 6.45) is 10.0. The topological polar surface area (TPSA) is 57.7 Å². The molecule has 1 aliphatic carbocycles. The second kappa shape index (κ2) is 8.44. The molecule has 0 radical (unpaired) electrons. The van der Waals surface area contributed by atoms with Crippen molar-refractivity contribution in [3.63, 3.8) is 0 Å². The van der Waals surface area contributed by atoms with Gasteiger partial charge in [0.15, 0.2) is 0 Å². The van der Waals surface area contributed by atoms with Gasteiger partial charge in [-0.2, -0.15) is 0 Å². The van der Waals surface area contributed by atoms with Crippen molar-refractivity contribution in [2.45, 2.75) is 43.4 Å². The van der Waals surface area contributed by atoms with E-state index in [4.69, 9.17) is 11.6 Å². The highest BCUT2D eigenvalue weighted by Gasteiger charge is 2.40. The lowest BCUT2D eigenvalue weighted by Crippen LogP contribution is -2.59.